The van der Waals surface area contributed by atoms with Crippen molar-refractivity contribution in [3.8, 4) is 0 Å². The van der Waals surface area contributed by atoms with Crippen molar-refractivity contribution in [3.05, 3.63) is 40.9 Å². The minimum Gasteiger partial charge on any atom is -0.463 e. The van der Waals surface area contributed by atoms with E-state index < -0.39 is 22.0 Å². The second kappa shape index (κ2) is 10.8. The van der Waals surface area contributed by atoms with Gasteiger partial charge in [-0.2, -0.15) is 4.31 Å². The number of carbonyl (C=O) groups is 1. The first-order chi connectivity index (χ1) is 12.6. The van der Waals surface area contributed by atoms with E-state index >= 15 is 0 Å². The minimum absolute atomic E-state index is 0.0261. The summed E-state index contributed by atoms with van der Waals surface area (Å²) in [6.07, 6.45) is 1.76. The van der Waals surface area contributed by atoms with E-state index in [-0.39, 0.29) is 30.6 Å². The highest BCUT2D eigenvalue weighted by atomic mass is 35.5. The van der Waals surface area contributed by atoms with Gasteiger partial charge in [0.05, 0.1) is 18.1 Å². The van der Waals surface area contributed by atoms with Gasteiger partial charge in [-0.05, 0) is 50.5 Å². The van der Waals surface area contributed by atoms with Crippen molar-refractivity contribution in [1.29, 1.82) is 0 Å². The molecule has 1 rings (SSSR count). The second-order valence-corrected chi connectivity index (χ2v) is 9.04. The molecule has 0 saturated heterocycles. The van der Waals surface area contributed by atoms with E-state index in [0.29, 0.717) is 17.0 Å². The number of hydrogen-bond acceptors (Lipinski definition) is 5. The first-order valence-corrected chi connectivity index (χ1v) is 10.7. The van der Waals surface area contributed by atoms with Crippen molar-refractivity contribution in [2.75, 3.05) is 19.8 Å². The van der Waals surface area contributed by atoms with E-state index in [1.165, 1.54) is 34.6 Å². The monoisotopic (exact) mass is 417 g/mol. The van der Waals surface area contributed by atoms with E-state index in [9.17, 15) is 18.3 Å². The zero-order chi connectivity index (χ0) is 20.6. The van der Waals surface area contributed by atoms with Gasteiger partial charge >= 0.3 is 5.97 Å². The molecule has 1 atom stereocenters. The molecule has 0 aliphatic rings. The molecule has 0 radical (unpaired) electrons. The highest BCUT2D eigenvalue weighted by Gasteiger charge is 2.32. The van der Waals surface area contributed by atoms with Crippen molar-refractivity contribution < 1.29 is 23.1 Å². The molecule has 27 heavy (non-hydrogen) atoms. The third-order valence-electron chi connectivity index (χ3n) is 3.84. The van der Waals surface area contributed by atoms with E-state index in [0.717, 1.165) is 0 Å². The predicted molar refractivity (Wildman–Crippen MR) is 106 cm³/mol. The molecule has 0 aromatic heterocycles. The maximum Gasteiger partial charge on any atom is 0.330 e. The number of esters is 1. The summed E-state index contributed by atoms with van der Waals surface area (Å²) in [4.78, 5) is 11.8. The van der Waals surface area contributed by atoms with Crippen molar-refractivity contribution in [3.63, 3.8) is 0 Å². The third kappa shape index (κ3) is 7.25. The molecule has 0 heterocycles. The Kier molecular flexibility index (Phi) is 9.45. The number of aliphatic hydroxyl groups excluding tert-OH is 1. The Bertz CT molecular complexity index is 744. The van der Waals surface area contributed by atoms with Gasteiger partial charge in [0, 0.05) is 23.7 Å². The topological polar surface area (TPSA) is 83.9 Å². The number of halogens is 1. The fraction of sp³-hybridized carbons (Fsp3) is 0.526. The van der Waals surface area contributed by atoms with E-state index in [4.69, 9.17) is 16.3 Å². The maximum atomic E-state index is 13.2. The van der Waals surface area contributed by atoms with Crippen LogP contribution in [-0.2, 0) is 19.6 Å². The Labute approximate surface area is 166 Å². The number of nitrogens with zero attached hydrogens (tertiary/aromatic N) is 1. The van der Waals surface area contributed by atoms with Crippen molar-refractivity contribution in [1.82, 2.24) is 4.31 Å². The largest absolute Gasteiger partial charge is 0.463 e. The number of ether oxygens (including phenoxy) is 1. The van der Waals surface area contributed by atoms with Crippen LogP contribution in [-0.4, -0.2) is 49.6 Å². The van der Waals surface area contributed by atoms with Gasteiger partial charge in [-0.25, -0.2) is 13.2 Å². The zero-order valence-electron chi connectivity index (χ0n) is 16.2. The van der Waals surface area contributed by atoms with Crippen LogP contribution in [0.5, 0.6) is 0 Å². The molecule has 0 spiro atoms. The van der Waals surface area contributed by atoms with Gasteiger partial charge in [-0.1, -0.05) is 31.0 Å². The Morgan fingerprint density at radius 1 is 1.30 bits per heavy atom. The maximum absolute atomic E-state index is 13.2. The van der Waals surface area contributed by atoms with Crippen LogP contribution >= 0.6 is 11.6 Å². The summed E-state index contributed by atoms with van der Waals surface area (Å²) in [5, 5.41) is 10.3. The lowest BCUT2D eigenvalue weighted by Crippen LogP contribution is -2.44. The third-order valence-corrected chi connectivity index (χ3v) is 6.00. The fourth-order valence-electron chi connectivity index (χ4n) is 2.66. The van der Waals surface area contributed by atoms with Crippen molar-refractivity contribution in [2.45, 2.75) is 45.1 Å². The number of benzene rings is 1. The van der Waals surface area contributed by atoms with Gasteiger partial charge in [0.1, 0.15) is 0 Å². The zero-order valence-corrected chi connectivity index (χ0v) is 17.8. The standard InChI is InChI=1S/C19H28ClNO5S/c1-5-26-19(23)11-15(4)12-21(17(13-22)10-14(2)3)27(24,25)18-8-6-16(20)7-9-18/h6-9,11,14,17,22H,5,10,12-13H2,1-4H3/t17-/m1/s1. The Hall–Kier alpha value is -1.41. The fourth-order valence-corrected chi connectivity index (χ4v) is 4.45. The summed E-state index contributed by atoms with van der Waals surface area (Å²) in [5.41, 5.74) is 0.521. The van der Waals surface area contributed by atoms with Crippen LogP contribution in [0.3, 0.4) is 0 Å². The minimum atomic E-state index is -3.90. The molecule has 0 saturated carbocycles. The van der Waals surface area contributed by atoms with Crippen LogP contribution in [0.1, 0.15) is 34.1 Å². The van der Waals surface area contributed by atoms with Crippen LogP contribution in [0, 0.1) is 5.92 Å². The van der Waals surface area contributed by atoms with Crippen LogP contribution in [0.4, 0.5) is 0 Å². The summed E-state index contributed by atoms with van der Waals surface area (Å²) >= 11 is 5.86. The van der Waals surface area contributed by atoms with Crippen molar-refractivity contribution >= 4 is 27.6 Å². The summed E-state index contributed by atoms with van der Waals surface area (Å²) in [7, 11) is -3.90. The van der Waals surface area contributed by atoms with Gasteiger partial charge in [-0.3, -0.25) is 0 Å². The van der Waals surface area contributed by atoms with Crippen LogP contribution < -0.4 is 0 Å². The van der Waals surface area contributed by atoms with Crippen LogP contribution in [0.25, 0.3) is 0 Å². The summed E-state index contributed by atoms with van der Waals surface area (Å²) < 4.78 is 32.5. The van der Waals surface area contributed by atoms with Crippen LogP contribution in [0.2, 0.25) is 5.02 Å². The second-order valence-electron chi connectivity index (χ2n) is 6.71. The number of hydrogen-bond donors (Lipinski definition) is 1. The number of carbonyl (C=O) groups excluding carboxylic acids is 1. The first kappa shape index (κ1) is 23.6. The highest BCUT2D eigenvalue weighted by Crippen LogP contribution is 2.24. The Morgan fingerprint density at radius 3 is 2.37 bits per heavy atom. The lowest BCUT2D eigenvalue weighted by molar-refractivity contribution is -0.137. The van der Waals surface area contributed by atoms with E-state index in [2.05, 4.69) is 0 Å². The van der Waals surface area contributed by atoms with Gasteiger partial charge < -0.3 is 9.84 Å². The predicted octanol–water partition coefficient (Wildman–Crippen LogP) is 3.25. The highest BCUT2D eigenvalue weighted by molar-refractivity contribution is 7.89. The van der Waals surface area contributed by atoms with Gasteiger partial charge in [-0.15, -0.1) is 0 Å². The Morgan fingerprint density at radius 2 is 1.89 bits per heavy atom. The summed E-state index contributed by atoms with van der Waals surface area (Å²) in [6, 6.07) is 5.25. The summed E-state index contributed by atoms with van der Waals surface area (Å²) in [5.74, 6) is -0.345. The normalized spacial score (nSPS) is 13.9. The molecule has 1 N–H and O–H groups in total. The molecular formula is C19H28ClNO5S. The number of sulfonamides is 1. The van der Waals surface area contributed by atoms with Gasteiger partial charge in [0.25, 0.3) is 0 Å². The molecule has 0 aliphatic heterocycles. The van der Waals surface area contributed by atoms with Crippen molar-refractivity contribution in [2.24, 2.45) is 5.92 Å². The molecule has 152 valence electrons. The lowest BCUT2D eigenvalue weighted by atomic mass is 10.0. The molecule has 0 aliphatic carbocycles. The smallest absolute Gasteiger partial charge is 0.330 e. The SMILES string of the molecule is CCOC(=O)C=C(C)CN([C@@H](CO)CC(C)C)S(=O)(=O)c1ccc(Cl)cc1. The van der Waals surface area contributed by atoms with E-state index in [1.807, 2.05) is 13.8 Å². The molecule has 0 amide bonds. The molecule has 0 unspecified atom stereocenters. The molecule has 1 aromatic carbocycles. The average Bonchev–Trinajstić information content (AvgIpc) is 2.58. The molecule has 0 bridgehead atoms. The first-order valence-electron chi connectivity index (χ1n) is 8.84. The lowest BCUT2D eigenvalue weighted by Gasteiger charge is -2.31. The van der Waals surface area contributed by atoms with Gasteiger partial charge in [0.2, 0.25) is 10.0 Å². The quantitative estimate of drug-likeness (QED) is 0.466. The Balaban J connectivity index is 3.28. The molecule has 1 aromatic rings. The van der Waals surface area contributed by atoms with E-state index in [1.54, 1.807) is 13.8 Å². The average molecular weight is 418 g/mol. The molecule has 6 nitrogen and oxygen atoms in total. The van der Waals surface area contributed by atoms with Crippen LogP contribution in [0.15, 0.2) is 40.8 Å². The number of aliphatic hydroxyl groups is 1. The summed E-state index contributed by atoms with van der Waals surface area (Å²) in [6.45, 7) is 7.16. The van der Waals surface area contributed by atoms with Gasteiger partial charge in [0.15, 0.2) is 0 Å². The molecule has 8 heteroatoms. The molecule has 0 fully saturated rings. The molecular weight excluding hydrogens is 390 g/mol. The number of rotatable bonds is 10.